The highest BCUT2D eigenvalue weighted by Crippen LogP contribution is 2.44. The molecule has 25 heavy (non-hydrogen) atoms. The van der Waals surface area contributed by atoms with E-state index in [9.17, 15) is 0 Å². The molecule has 0 aliphatic carbocycles. The summed E-state index contributed by atoms with van der Waals surface area (Å²) in [6.07, 6.45) is 4.50. The summed E-state index contributed by atoms with van der Waals surface area (Å²) in [7, 11) is 0. The first-order chi connectivity index (χ1) is 12.2. The topological polar surface area (TPSA) is 18.5 Å². The molecule has 0 unspecified atom stereocenters. The third-order valence-electron chi connectivity index (χ3n) is 5.12. The van der Waals surface area contributed by atoms with Gasteiger partial charge in [-0.15, -0.1) is 30.1 Å². The fourth-order valence-electron chi connectivity index (χ4n) is 3.72. The molecule has 1 aromatic rings. The summed E-state index contributed by atoms with van der Waals surface area (Å²) in [6, 6.07) is 10.3. The largest absolute Gasteiger partial charge is 0.348 e. The van der Waals surface area contributed by atoms with Gasteiger partial charge in [0.15, 0.2) is 6.29 Å². The molecule has 2 aliphatic rings. The van der Waals surface area contributed by atoms with Gasteiger partial charge in [-0.05, 0) is 36.2 Å². The smallest absolute Gasteiger partial charge is 0.184 e. The van der Waals surface area contributed by atoms with Crippen LogP contribution in [0.5, 0.6) is 0 Å². The zero-order chi connectivity index (χ0) is 17.6. The van der Waals surface area contributed by atoms with E-state index in [2.05, 4.69) is 74.3 Å². The molecule has 0 aromatic heterocycles. The first-order valence-electron chi connectivity index (χ1n) is 9.36. The second kappa shape index (κ2) is 9.50. The lowest BCUT2D eigenvalue weighted by molar-refractivity contribution is -0.250. The fraction of sp³-hybridized carbons (Fsp3) is 0.619. The Hall–Kier alpha value is -0.420. The van der Waals surface area contributed by atoms with Gasteiger partial charge in [0.25, 0.3) is 0 Å². The summed E-state index contributed by atoms with van der Waals surface area (Å²) < 4.78 is 13.3. The monoisotopic (exact) mass is 378 g/mol. The molecule has 0 N–H and O–H groups in total. The van der Waals surface area contributed by atoms with E-state index >= 15 is 0 Å². The van der Waals surface area contributed by atoms with Crippen molar-refractivity contribution < 1.29 is 9.47 Å². The number of allylic oxidation sites excluding steroid dienone is 1. The summed E-state index contributed by atoms with van der Waals surface area (Å²) in [5.74, 6) is 4.00. The van der Waals surface area contributed by atoms with Crippen molar-refractivity contribution >= 4 is 23.5 Å². The summed E-state index contributed by atoms with van der Waals surface area (Å²) in [6.45, 7) is 9.33. The van der Waals surface area contributed by atoms with E-state index in [4.69, 9.17) is 9.47 Å². The molecule has 0 radical (unpaired) electrons. The molecule has 1 aromatic carbocycles. The Kier molecular flexibility index (Phi) is 7.35. The van der Waals surface area contributed by atoms with Crippen LogP contribution in [0, 0.1) is 17.8 Å². The van der Waals surface area contributed by atoms with Gasteiger partial charge in [0, 0.05) is 11.5 Å². The molecule has 2 fully saturated rings. The maximum Gasteiger partial charge on any atom is 0.184 e. The second-order valence-electron chi connectivity index (χ2n) is 7.23. The molecule has 0 bridgehead atoms. The number of rotatable bonds is 6. The van der Waals surface area contributed by atoms with Crippen LogP contribution in [0.25, 0.3) is 0 Å². The van der Waals surface area contributed by atoms with Crippen LogP contribution in [-0.2, 0) is 9.47 Å². The molecule has 2 nitrogen and oxygen atoms in total. The summed E-state index contributed by atoms with van der Waals surface area (Å²) >= 11 is 4.19. The molecule has 2 saturated heterocycles. The van der Waals surface area contributed by atoms with Crippen LogP contribution < -0.4 is 0 Å². The van der Waals surface area contributed by atoms with Crippen LogP contribution in [0.4, 0.5) is 0 Å². The minimum atomic E-state index is -0.234. The van der Waals surface area contributed by atoms with Gasteiger partial charge in [0.1, 0.15) is 0 Å². The predicted molar refractivity (Wildman–Crippen MR) is 110 cm³/mol. The van der Waals surface area contributed by atoms with Gasteiger partial charge in [0.05, 0.1) is 17.3 Å². The van der Waals surface area contributed by atoms with E-state index in [0.717, 1.165) is 18.6 Å². The maximum absolute atomic E-state index is 6.56. The fourth-order valence-corrected chi connectivity index (χ4v) is 6.91. The van der Waals surface area contributed by atoms with Crippen LogP contribution in [-0.4, -0.2) is 28.8 Å². The quantitative estimate of drug-likeness (QED) is 0.585. The Bertz CT molecular complexity index is 530. The predicted octanol–water partition coefficient (Wildman–Crippen LogP) is 5.76. The maximum atomic E-state index is 6.56. The Morgan fingerprint density at radius 2 is 1.92 bits per heavy atom. The number of hydrogen-bond donors (Lipinski definition) is 0. The highest BCUT2D eigenvalue weighted by atomic mass is 32.2. The van der Waals surface area contributed by atoms with Crippen molar-refractivity contribution in [3.8, 4) is 0 Å². The van der Waals surface area contributed by atoms with Crippen molar-refractivity contribution in [1.29, 1.82) is 0 Å². The van der Waals surface area contributed by atoms with Crippen molar-refractivity contribution in [2.75, 3.05) is 18.1 Å². The van der Waals surface area contributed by atoms with Crippen LogP contribution in [0.15, 0.2) is 43.0 Å². The molecule has 0 saturated carbocycles. The minimum Gasteiger partial charge on any atom is -0.348 e. The van der Waals surface area contributed by atoms with Crippen molar-refractivity contribution in [3.63, 3.8) is 0 Å². The second-order valence-corrected chi connectivity index (χ2v) is 10.0. The van der Waals surface area contributed by atoms with Gasteiger partial charge in [-0.25, -0.2) is 0 Å². The molecular weight excluding hydrogens is 348 g/mol. The lowest BCUT2D eigenvalue weighted by atomic mass is 9.86. The van der Waals surface area contributed by atoms with Gasteiger partial charge in [-0.3, -0.25) is 0 Å². The molecule has 3 rings (SSSR count). The number of benzene rings is 1. The third kappa shape index (κ3) is 5.06. The van der Waals surface area contributed by atoms with Crippen LogP contribution in [0.3, 0.4) is 0 Å². The average Bonchev–Trinajstić information content (AvgIpc) is 2.68. The van der Waals surface area contributed by atoms with Gasteiger partial charge in [0.2, 0.25) is 0 Å². The van der Waals surface area contributed by atoms with Gasteiger partial charge in [-0.1, -0.05) is 50.3 Å². The van der Waals surface area contributed by atoms with Crippen molar-refractivity contribution in [2.45, 2.75) is 43.7 Å². The van der Waals surface area contributed by atoms with E-state index in [1.807, 2.05) is 6.07 Å². The van der Waals surface area contributed by atoms with Gasteiger partial charge < -0.3 is 9.47 Å². The SMILES string of the molecule is C=C[C@@H](C)C[C@@H](C)[C@H]1O[C@H](c2ccccc2)OC[C@@H]1C1SCCCS1. The summed E-state index contributed by atoms with van der Waals surface area (Å²) in [4.78, 5) is 0. The zero-order valence-electron chi connectivity index (χ0n) is 15.3. The lowest BCUT2D eigenvalue weighted by Crippen LogP contribution is -2.45. The molecule has 138 valence electrons. The molecular formula is C21H30O2S2. The van der Waals surface area contributed by atoms with Crippen LogP contribution >= 0.6 is 23.5 Å². The standard InChI is InChI=1S/C21H30O2S2/c1-4-15(2)13-16(3)19-18(21-24-11-8-12-25-21)14-22-20(23-19)17-9-6-5-7-10-17/h4-7,9-10,15-16,18-21H,1,8,11-14H2,2-3H3/t15-,16-,18+,19-,20-/m1/s1. The molecule has 2 aliphatic heterocycles. The molecule has 4 heteroatoms. The molecule has 2 heterocycles. The normalized spacial score (nSPS) is 30.6. The minimum absolute atomic E-state index is 0.234. The van der Waals surface area contributed by atoms with Crippen molar-refractivity contribution in [1.82, 2.24) is 0 Å². The first-order valence-corrected chi connectivity index (χ1v) is 11.5. The van der Waals surface area contributed by atoms with E-state index in [0.29, 0.717) is 22.3 Å². The molecule has 0 spiro atoms. The molecule has 0 amide bonds. The Balaban J connectivity index is 1.74. The Morgan fingerprint density at radius 1 is 1.20 bits per heavy atom. The van der Waals surface area contributed by atoms with Crippen molar-refractivity contribution in [2.24, 2.45) is 17.8 Å². The first kappa shape index (κ1) is 19.3. The zero-order valence-corrected chi connectivity index (χ0v) is 16.9. The van der Waals surface area contributed by atoms with Gasteiger partial charge in [-0.2, -0.15) is 0 Å². The van der Waals surface area contributed by atoms with E-state index in [1.165, 1.54) is 17.9 Å². The number of hydrogen-bond acceptors (Lipinski definition) is 4. The molecule has 5 atom stereocenters. The summed E-state index contributed by atoms with van der Waals surface area (Å²) in [5.41, 5.74) is 1.12. The van der Waals surface area contributed by atoms with E-state index in [1.54, 1.807) is 0 Å². The number of ether oxygens (including phenoxy) is 2. The Morgan fingerprint density at radius 3 is 2.60 bits per heavy atom. The third-order valence-corrected chi connectivity index (χ3v) is 8.35. The Labute approximate surface area is 161 Å². The van der Waals surface area contributed by atoms with Crippen LogP contribution in [0.1, 0.15) is 38.5 Å². The van der Waals surface area contributed by atoms with E-state index < -0.39 is 0 Å². The van der Waals surface area contributed by atoms with Crippen LogP contribution in [0.2, 0.25) is 0 Å². The van der Waals surface area contributed by atoms with E-state index in [-0.39, 0.29) is 12.4 Å². The summed E-state index contributed by atoms with van der Waals surface area (Å²) in [5, 5.41) is 0. The highest BCUT2D eigenvalue weighted by Gasteiger charge is 2.41. The average molecular weight is 379 g/mol. The van der Waals surface area contributed by atoms with Gasteiger partial charge >= 0.3 is 0 Å². The lowest BCUT2D eigenvalue weighted by Gasteiger charge is -2.43. The van der Waals surface area contributed by atoms with Crippen molar-refractivity contribution in [3.05, 3.63) is 48.6 Å². The number of thioether (sulfide) groups is 2. The highest BCUT2D eigenvalue weighted by molar-refractivity contribution is 8.17.